The van der Waals surface area contributed by atoms with E-state index in [0.717, 1.165) is 11.1 Å². The Hall–Kier alpha value is -2.16. The molecule has 0 saturated carbocycles. The smallest absolute Gasteiger partial charge is 0.227 e. The highest BCUT2D eigenvalue weighted by molar-refractivity contribution is 5.78. The Morgan fingerprint density at radius 2 is 1.74 bits per heavy atom. The minimum Gasteiger partial charge on any atom is -0.338 e. The zero-order chi connectivity index (χ0) is 13.5. The lowest BCUT2D eigenvalue weighted by atomic mass is 10.1. The Kier molecular flexibility index (Phi) is 4.67. The lowest BCUT2D eigenvalue weighted by molar-refractivity contribution is -0.130. The molecule has 2 rings (SSSR count). The minimum atomic E-state index is 0.158. The van der Waals surface area contributed by atoms with Crippen molar-refractivity contribution in [2.45, 2.75) is 19.9 Å². The fourth-order valence-corrected chi connectivity index (χ4v) is 1.97. The largest absolute Gasteiger partial charge is 0.338 e. The molecule has 0 aliphatic heterocycles. The van der Waals surface area contributed by atoms with Crippen molar-refractivity contribution in [2.24, 2.45) is 0 Å². The van der Waals surface area contributed by atoms with Gasteiger partial charge in [-0.05, 0) is 30.2 Å². The molecule has 2 aromatic rings. The molecule has 0 atom stereocenters. The van der Waals surface area contributed by atoms with Crippen molar-refractivity contribution in [1.29, 1.82) is 0 Å². The molecule has 0 bridgehead atoms. The topological polar surface area (TPSA) is 33.2 Å². The van der Waals surface area contributed by atoms with Gasteiger partial charge >= 0.3 is 0 Å². The Labute approximate surface area is 113 Å². The van der Waals surface area contributed by atoms with Crippen LogP contribution < -0.4 is 0 Å². The third kappa shape index (κ3) is 3.91. The molecule has 0 aliphatic carbocycles. The molecule has 19 heavy (non-hydrogen) atoms. The fourth-order valence-electron chi connectivity index (χ4n) is 1.97. The molecule has 0 N–H and O–H groups in total. The first-order valence-corrected chi connectivity index (χ1v) is 6.50. The standard InChI is InChI=1S/C16H18N2O/c1-2-18(13-15-8-10-17-11-9-15)16(19)12-14-6-4-3-5-7-14/h3-11H,2,12-13H2,1H3. The summed E-state index contributed by atoms with van der Waals surface area (Å²) < 4.78 is 0. The van der Waals surface area contributed by atoms with Crippen molar-refractivity contribution in [1.82, 2.24) is 9.88 Å². The monoisotopic (exact) mass is 254 g/mol. The van der Waals surface area contributed by atoms with Crippen LogP contribution in [-0.2, 0) is 17.8 Å². The van der Waals surface area contributed by atoms with Gasteiger partial charge in [-0.25, -0.2) is 0 Å². The van der Waals surface area contributed by atoms with Gasteiger partial charge in [0.15, 0.2) is 0 Å². The molecule has 0 spiro atoms. The minimum absolute atomic E-state index is 0.158. The van der Waals surface area contributed by atoms with E-state index in [4.69, 9.17) is 0 Å². The van der Waals surface area contributed by atoms with Gasteiger partial charge in [0.2, 0.25) is 5.91 Å². The first kappa shape index (κ1) is 13.3. The fraction of sp³-hybridized carbons (Fsp3) is 0.250. The lowest BCUT2D eigenvalue weighted by Gasteiger charge is -2.21. The molecule has 3 nitrogen and oxygen atoms in total. The second-order valence-corrected chi connectivity index (χ2v) is 4.43. The van der Waals surface area contributed by atoms with Crippen LogP contribution in [0.2, 0.25) is 0 Å². The third-order valence-corrected chi connectivity index (χ3v) is 3.06. The van der Waals surface area contributed by atoms with Gasteiger partial charge in [-0.15, -0.1) is 0 Å². The average molecular weight is 254 g/mol. The summed E-state index contributed by atoms with van der Waals surface area (Å²) in [6.45, 7) is 3.36. The highest BCUT2D eigenvalue weighted by atomic mass is 16.2. The van der Waals surface area contributed by atoms with Crippen molar-refractivity contribution >= 4 is 5.91 Å². The number of carbonyl (C=O) groups excluding carboxylic acids is 1. The quantitative estimate of drug-likeness (QED) is 0.822. The normalized spacial score (nSPS) is 10.2. The molecule has 0 fully saturated rings. The maximum atomic E-state index is 12.3. The van der Waals surface area contributed by atoms with Gasteiger partial charge in [-0.1, -0.05) is 30.3 Å². The van der Waals surface area contributed by atoms with Crippen LogP contribution in [0.3, 0.4) is 0 Å². The first-order chi connectivity index (χ1) is 9.29. The van der Waals surface area contributed by atoms with Crippen LogP contribution in [0.1, 0.15) is 18.1 Å². The first-order valence-electron chi connectivity index (χ1n) is 6.50. The predicted octanol–water partition coefficient (Wildman–Crippen LogP) is 2.67. The van der Waals surface area contributed by atoms with Crippen LogP contribution in [0, 0.1) is 0 Å². The molecule has 1 aromatic heterocycles. The van der Waals surface area contributed by atoms with E-state index in [1.165, 1.54) is 0 Å². The van der Waals surface area contributed by atoms with E-state index in [1.54, 1.807) is 12.4 Å². The van der Waals surface area contributed by atoms with Crippen LogP contribution in [0.15, 0.2) is 54.9 Å². The molecule has 0 unspecified atom stereocenters. The summed E-state index contributed by atoms with van der Waals surface area (Å²) in [5.41, 5.74) is 2.17. The van der Waals surface area contributed by atoms with Gasteiger partial charge in [0.05, 0.1) is 6.42 Å². The number of amides is 1. The second-order valence-electron chi connectivity index (χ2n) is 4.43. The number of carbonyl (C=O) groups is 1. The summed E-state index contributed by atoms with van der Waals surface area (Å²) in [7, 11) is 0. The Morgan fingerprint density at radius 3 is 2.37 bits per heavy atom. The number of benzene rings is 1. The highest BCUT2D eigenvalue weighted by Crippen LogP contribution is 2.07. The molecule has 3 heteroatoms. The summed E-state index contributed by atoms with van der Waals surface area (Å²) in [4.78, 5) is 18.1. The number of hydrogen-bond acceptors (Lipinski definition) is 2. The van der Waals surface area contributed by atoms with E-state index in [0.29, 0.717) is 19.5 Å². The van der Waals surface area contributed by atoms with Gasteiger partial charge in [-0.2, -0.15) is 0 Å². The maximum absolute atomic E-state index is 12.3. The number of pyridine rings is 1. The van der Waals surface area contributed by atoms with Gasteiger partial charge in [-0.3, -0.25) is 9.78 Å². The van der Waals surface area contributed by atoms with Crippen molar-refractivity contribution < 1.29 is 4.79 Å². The Morgan fingerprint density at radius 1 is 1.05 bits per heavy atom. The summed E-state index contributed by atoms with van der Waals surface area (Å²) in [6.07, 6.45) is 3.97. The van der Waals surface area contributed by atoms with E-state index in [-0.39, 0.29) is 5.91 Å². The van der Waals surface area contributed by atoms with Gasteiger partial charge < -0.3 is 4.90 Å². The average Bonchev–Trinajstić information content (AvgIpc) is 2.47. The molecular formula is C16H18N2O. The molecule has 0 radical (unpaired) electrons. The molecule has 98 valence electrons. The van der Waals surface area contributed by atoms with Crippen LogP contribution in [-0.4, -0.2) is 22.3 Å². The van der Waals surface area contributed by atoms with E-state index in [1.807, 2.05) is 54.3 Å². The summed E-state index contributed by atoms with van der Waals surface area (Å²) in [5, 5.41) is 0. The molecular weight excluding hydrogens is 236 g/mol. The van der Waals surface area contributed by atoms with E-state index in [9.17, 15) is 4.79 Å². The van der Waals surface area contributed by atoms with Crippen molar-refractivity contribution in [3.63, 3.8) is 0 Å². The molecule has 1 amide bonds. The Balaban J connectivity index is 2.00. The van der Waals surface area contributed by atoms with Gasteiger partial charge in [0.25, 0.3) is 0 Å². The van der Waals surface area contributed by atoms with E-state index < -0.39 is 0 Å². The van der Waals surface area contributed by atoms with Gasteiger partial charge in [0, 0.05) is 25.5 Å². The second kappa shape index (κ2) is 6.69. The van der Waals surface area contributed by atoms with Gasteiger partial charge in [0.1, 0.15) is 0 Å². The number of hydrogen-bond donors (Lipinski definition) is 0. The molecule has 0 saturated heterocycles. The molecule has 1 aromatic carbocycles. The Bertz CT molecular complexity index is 511. The highest BCUT2D eigenvalue weighted by Gasteiger charge is 2.12. The number of rotatable bonds is 5. The predicted molar refractivity (Wildman–Crippen MR) is 75.5 cm³/mol. The van der Waals surface area contributed by atoms with Crippen LogP contribution in [0.4, 0.5) is 0 Å². The van der Waals surface area contributed by atoms with Crippen molar-refractivity contribution in [3.8, 4) is 0 Å². The van der Waals surface area contributed by atoms with E-state index in [2.05, 4.69) is 4.98 Å². The SMILES string of the molecule is CCN(Cc1ccncc1)C(=O)Cc1ccccc1. The summed E-state index contributed by atoms with van der Waals surface area (Å²) in [5.74, 6) is 0.158. The van der Waals surface area contributed by atoms with Crippen molar-refractivity contribution in [3.05, 3.63) is 66.0 Å². The zero-order valence-corrected chi connectivity index (χ0v) is 11.1. The third-order valence-electron chi connectivity index (χ3n) is 3.06. The van der Waals surface area contributed by atoms with E-state index >= 15 is 0 Å². The summed E-state index contributed by atoms with van der Waals surface area (Å²) >= 11 is 0. The zero-order valence-electron chi connectivity index (χ0n) is 11.1. The maximum Gasteiger partial charge on any atom is 0.227 e. The number of nitrogens with zero attached hydrogens (tertiary/aromatic N) is 2. The summed E-state index contributed by atoms with van der Waals surface area (Å²) in [6, 6.07) is 13.7. The molecule has 0 aliphatic rings. The molecule has 1 heterocycles. The lowest BCUT2D eigenvalue weighted by Crippen LogP contribution is -2.31. The number of likely N-dealkylation sites (N-methyl/N-ethyl adjacent to an activating group) is 1. The number of aromatic nitrogens is 1. The van der Waals surface area contributed by atoms with Crippen LogP contribution >= 0.6 is 0 Å². The van der Waals surface area contributed by atoms with Crippen molar-refractivity contribution in [2.75, 3.05) is 6.54 Å². The van der Waals surface area contributed by atoms with Crippen LogP contribution in [0.5, 0.6) is 0 Å². The van der Waals surface area contributed by atoms with Crippen LogP contribution in [0.25, 0.3) is 0 Å².